The van der Waals surface area contributed by atoms with Crippen molar-refractivity contribution in [1.82, 2.24) is 14.9 Å². The molecule has 0 spiro atoms. The Bertz CT molecular complexity index is 1280. The van der Waals surface area contributed by atoms with Crippen LogP contribution in [0.4, 0.5) is 11.4 Å². The van der Waals surface area contributed by atoms with Crippen molar-refractivity contribution in [2.75, 3.05) is 30.1 Å². The van der Waals surface area contributed by atoms with E-state index in [9.17, 15) is 9.59 Å². The Morgan fingerprint density at radius 1 is 0.923 bits per heavy atom. The molecule has 2 aromatic carbocycles. The molecule has 1 aliphatic carbocycles. The van der Waals surface area contributed by atoms with Gasteiger partial charge in [0.15, 0.2) is 5.16 Å². The van der Waals surface area contributed by atoms with Crippen LogP contribution in [0.5, 0.6) is 0 Å². The molecule has 8 heteroatoms. The maximum absolute atomic E-state index is 14.1. The molecule has 4 rings (SSSR count). The summed E-state index contributed by atoms with van der Waals surface area (Å²) in [6.45, 7) is 6.29. The van der Waals surface area contributed by atoms with Crippen molar-refractivity contribution in [3.63, 3.8) is 0 Å². The van der Waals surface area contributed by atoms with Gasteiger partial charge in [-0.25, -0.2) is 9.97 Å². The number of nitrogens with one attached hydrogen (secondary N) is 1. The predicted molar refractivity (Wildman–Crippen MR) is 159 cm³/mol. The molecule has 7 nitrogen and oxygen atoms in total. The van der Waals surface area contributed by atoms with Crippen molar-refractivity contribution in [1.29, 1.82) is 0 Å². The van der Waals surface area contributed by atoms with E-state index in [4.69, 9.17) is 0 Å². The van der Waals surface area contributed by atoms with Gasteiger partial charge in [0.1, 0.15) is 5.54 Å². The number of rotatable bonds is 9. The fourth-order valence-corrected chi connectivity index (χ4v) is 6.07. The van der Waals surface area contributed by atoms with Gasteiger partial charge < -0.3 is 15.1 Å². The Kier molecular flexibility index (Phi) is 9.28. The first kappa shape index (κ1) is 28.6. The zero-order valence-corrected chi connectivity index (χ0v) is 24.5. The monoisotopic (exact) mass is 545 g/mol. The fourth-order valence-electron chi connectivity index (χ4n) is 5.24. The Hall–Kier alpha value is -3.39. The van der Waals surface area contributed by atoms with Crippen LogP contribution in [0.1, 0.15) is 54.6 Å². The maximum atomic E-state index is 14.1. The molecule has 0 unspecified atom stereocenters. The lowest BCUT2D eigenvalue weighted by Crippen LogP contribution is -2.60. The van der Waals surface area contributed by atoms with Crippen LogP contribution < -0.4 is 10.2 Å². The van der Waals surface area contributed by atoms with Gasteiger partial charge in [0.25, 0.3) is 0 Å². The molecule has 1 aliphatic rings. The first-order chi connectivity index (χ1) is 18.7. The zero-order valence-electron chi connectivity index (χ0n) is 23.7. The van der Waals surface area contributed by atoms with Gasteiger partial charge in [-0.15, -0.1) is 0 Å². The average molecular weight is 546 g/mol. The van der Waals surface area contributed by atoms with Crippen molar-refractivity contribution < 1.29 is 9.59 Å². The van der Waals surface area contributed by atoms with Gasteiger partial charge >= 0.3 is 0 Å². The summed E-state index contributed by atoms with van der Waals surface area (Å²) >= 11 is 1.33. The maximum Gasteiger partial charge on any atom is 0.250 e. The topological polar surface area (TPSA) is 78.4 Å². The van der Waals surface area contributed by atoms with E-state index in [-0.39, 0.29) is 17.6 Å². The molecule has 0 bridgehead atoms. The fraction of sp³-hybridized carbons (Fsp3) is 0.419. The second kappa shape index (κ2) is 12.6. The van der Waals surface area contributed by atoms with Crippen LogP contribution in [-0.2, 0) is 16.1 Å². The molecule has 0 aliphatic heterocycles. The van der Waals surface area contributed by atoms with Gasteiger partial charge in [-0.3, -0.25) is 9.59 Å². The number of anilines is 2. The molecular formula is C31H39N5O2S. The summed E-state index contributed by atoms with van der Waals surface area (Å²) in [5.74, 6) is -0.0261. The van der Waals surface area contributed by atoms with E-state index in [1.54, 1.807) is 0 Å². The van der Waals surface area contributed by atoms with E-state index in [1.165, 1.54) is 11.8 Å². The summed E-state index contributed by atoms with van der Waals surface area (Å²) in [5.41, 5.74) is 4.76. The molecular weight excluding hydrogens is 506 g/mol. The van der Waals surface area contributed by atoms with E-state index in [1.807, 2.05) is 86.3 Å². The van der Waals surface area contributed by atoms with Gasteiger partial charge in [0.2, 0.25) is 11.8 Å². The van der Waals surface area contributed by atoms with Gasteiger partial charge in [0.05, 0.1) is 5.75 Å². The van der Waals surface area contributed by atoms with Gasteiger partial charge in [-0.1, -0.05) is 55.3 Å². The summed E-state index contributed by atoms with van der Waals surface area (Å²) in [5, 5.41) is 3.74. The molecule has 206 valence electrons. The molecule has 0 saturated heterocycles. The normalized spacial score (nSPS) is 14.5. The van der Waals surface area contributed by atoms with Crippen LogP contribution >= 0.6 is 11.8 Å². The van der Waals surface area contributed by atoms with Crippen molar-refractivity contribution >= 4 is 35.0 Å². The minimum Gasteiger partial charge on any atom is -0.378 e. The molecule has 1 heterocycles. The second-order valence-electron chi connectivity index (χ2n) is 10.6. The van der Waals surface area contributed by atoms with Crippen LogP contribution in [0.25, 0.3) is 0 Å². The standard InChI is InChI=1S/C31H39N5O2S/c1-22-11-7-8-12-25(22)20-36(28(37)21-39-30-32-23(2)19-24(3)33-30)31(17-9-6-10-18-31)29(38)34-26-13-15-27(16-14-26)35(4)5/h7-8,11-16,19H,6,9-10,17-18,20-21H2,1-5H3,(H,34,38). The number of hydrogen-bond donors (Lipinski definition) is 1. The Morgan fingerprint density at radius 3 is 2.18 bits per heavy atom. The summed E-state index contributed by atoms with van der Waals surface area (Å²) in [4.78, 5) is 41.1. The molecule has 1 fully saturated rings. The molecule has 0 radical (unpaired) electrons. The average Bonchev–Trinajstić information content (AvgIpc) is 2.91. The molecule has 0 atom stereocenters. The Morgan fingerprint density at radius 2 is 1.56 bits per heavy atom. The number of carbonyl (C=O) groups excluding carboxylic acids is 2. The summed E-state index contributed by atoms with van der Waals surface area (Å²) in [6.07, 6.45) is 4.13. The highest BCUT2D eigenvalue weighted by Crippen LogP contribution is 2.37. The predicted octanol–water partition coefficient (Wildman–Crippen LogP) is 5.93. The lowest BCUT2D eigenvalue weighted by molar-refractivity contribution is -0.146. The van der Waals surface area contributed by atoms with Crippen molar-refractivity contribution in [2.45, 2.75) is 70.1 Å². The summed E-state index contributed by atoms with van der Waals surface area (Å²) < 4.78 is 0. The molecule has 1 aromatic heterocycles. The van der Waals surface area contributed by atoms with Crippen LogP contribution in [0, 0.1) is 20.8 Å². The SMILES string of the molecule is Cc1cc(C)nc(SCC(=O)N(Cc2ccccc2C)C2(C(=O)Nc3ccc(N(C)C)cc3)CCCCC2)n1. The van der Waals surface area contributed by atoms with E-state index in [2.05, 4.69) is 28.3 Å². The van der Waals surface area contributed by atoms with Crippen LogP contribution in [0.3, 0.4) is 0 Å². The van der Waals surface area contributed by atoms with E-state index in [0.717, 1.165) is 53.2 Å². The number of thioether (sulfide) groups is 1. The zero-order chi connectivity index (χ0) is 28.0. The second-order valence-corrected chi connectivity index (χ2v) is 11.6. The third kappa shape index (κ3) is 6.98. The van der Waals surface area contributed by atoms with E-state index < -0.39 is 5.54 Å². The largest absolute Gasteiger partial charge is 0.378 e. The number of nitrogens with zero attached hydrogens (tertiary/aromatic N) is 4. The minimum atomic E-state index is -0.929. The minimum absolute atomic E-state index is 0.0778. The smallest absolute Gasteiger partial charge is 0.250 e. The first-order valence-corrected chi connectivity index (χ1v) is 14.6. The first-order valence-electron chi connectivity index (χ1n) is 13.6. The third-order valence-corrected chi connectivity index (χ3v) is 8.27. The molecule has 39 heavy (non-hydrogen) atoms. The number of aromatic nitrogens is 2. The number of hydrogen-bond acceptors (Lipinski definition) is 6. The van der Waals surface area contributed by atoms with Crippen molar-refractivity contribution in [2.24, 2.45) is 0 Å². The lowest BCUT2D eigenvalue weighted by atomic mass is 9.78. The number of carbonyl (C=O) groups is 2. The van der Waals surface area contributed by atoms with E-state index >= 15 is 0 Å². The molecule has 1 N–H and O–H groups in total. The van der Waals surface area contributed by atoms with Gasteiger partial charge in [0, 0.05) is 43.4 Å². The highest BCUT2D eigenvalue weighted by Gasteiger charge is 2.47. The van der Waals surface area contributed by atoms with Crippen LogP contribution in [0.15, 0.2) is 59.8 Å². The van der Waals surface area contributed by atoms with Gasteiger partial charge in [-0.05, 0) is 75.1 Å². The number of benzene rings is 2. The molecule has 2 amide bonds. The third-order valence-electron chi connectivity index (χ3n) is 7.44. The molecule has 1 saturated carbocycles. The molecule has 3 aromatic rings. The van der Waals surface area contributed by atoms with Crippen molar-refractivity contribution in [3.8, 4) is 0 Å². The van der Waals surface area contributed by atoms with Crippen LogP contribution in [-0.4, -0.2) is 52.1 Å². The highest BCUT2D eigenvalue weighted by atomic mass is 32.2. The Balaban J connectivity index is 1.65. The summed E-state index contributed by atoms with van der Waals surface area (Å²) in [7, 11) is 3.97. The van der Waals surface area contributed by atoms with Crippen LogP contribution in [0.2, 0.25) is 0 Å². The lowest BCUT2D eigenvalue weighted by Gasteiger charge is -2.45. The number of aryl methyl sites for hydroxylation is 3. The Labute approximate surface area is 236 Å². The quantitative estimate of drug-likeness (QED) is 0.265. The highest BCUT2D eigenvalue weighted by molar-refractivity contribution is 7.99. The van der Waals surface area contributed by atoms with Crippen molar-refractivity contribution in [3.05, 3.63) is 77.1 Å². The van der Waals surface area contributed by atoms with Gasteiger partial charge in [-0.2, -0.15) is 0 Å². The summed E-state index contributed by atoms with van der Waals surface area (Å²) in [6, 6.07) is 17.8. The van der Waals surface area contributed by atoms with E-state index in [0.29, 0.717) is 24.5 Å². The number of amides is 2.